The molecule has 0 spiro atoms. The number of ether oxygens (including phenoxy) is 3. The Labute approximate surface area is 158 Å². The summed E-state index contributed by atoms with van der Waals surface area (Å²) >= 11 is 0. The minimum Gasteiger partial charge on any atom is -0.493 e. The minimum atomic E-state index is -0.562. The van der Waals surface area contributed by atoms with Crippen molar-refractivity contribution in [2.24, 2.45) is 0 Å². The fourth-order valence-electron chi connectivity index (χ4n) is 3.21. The van der Waals surface area contributed by atoms with Gasteiger partial charge in [-0.3, -0.25) is 4.79 Å². The number of hydrogen-bond donors (Lipinski definition) is 0. The Kier molecular flexibility index (Phi) is 5.96. The Morgan fingerprint density at radius 3 is 2.52 bits per heavy atom. The standard InChI is InChI=1S/C21H23NO5/c1-25-18-10-8-16(13-19(18)26-2)9-11-20(23)22-17(14-27-21(22)24)12-15-6-4-3-5-7-15/h3-8,10,13,17H,9,11-12,14H2,1-2H3/t17-/m1/s1. The molecule has 1 aliphatic rings. The predicted octanol–water partition coefficient (Wildman–Crippen LogP) is 3.23. The van der Waals surface area contributed by atoms with Crippen molar-refractivity contribution in [1.29, 1.82) is 0 Å². The van der Waals surface area contributed by atoms with Gasteiger partial charge in [-0.05, 0) is 36.1 Å². The van der Waals surface area contributed by atoms with Crippen LogP contribution in [0.15, 0.2) is 48.5 Å². The van der Waals surface area contributed by atoms with E-state index in [1.54, 1.807) is 20.3 Å². The monoisotopic (exact) mass is 369 g/mol. The van der Waals surface area contributed by atoms with E-state index in [0.717, 1.165) is 11.1 Å². The SMILES string of the molecule is COc1ccc(CCC(=O)N2C(=O)OC[C@H]2Cc2ccccc2)cc1OC. The molecule has 0 saturated carbocycles. The first-order valence-electron chi connectivity index (χ1n) is 8.86. The quantitative estimate of drug-likeness (QED) is 0.750. The summed E-state index contributed by atoms with van der Waals surface area (Å²) in [5, 5.41) is 0. The van der Waals surface area contributed by atoms with Gasteiger partial charge in [-0.25, -0.2) is 9.69 Å². The first-order valence-corrected chi connectivity index (χ1v) is 8.86. The number of hydrogen-bond acceptors (Lipinski definition) is 5. The molecule has 2 aromatic carbocycles. The molecule has 1 aliphatic heterocycles. The number of amides is 2. The lowest BCUT2D eigenvalue weighted by Gasteiger charge is -2.19. The third-order valence-corrected chi connectivity index (χ3v) is 4.62. The van der Waals surface area contributed by atoms with E-state index < -0.39 is 6.09 Å². The number of rotatable bonds is 7. The van der Waals surface area contributed by atoms with Gasteiger partial charge in [-0.1, -0.05) is 36.4 Å². The summed E-state index contributed by atoms with van der Waals surface area (Å²) in [6, 6.07) is 15.1. The molecule has 1 heterocycles. The number of cyclic esters (lactones) is 1. The molecule has 0 aliphatic carbocycles. The summed E-state index contributed by atoms with van der Waals surface area (Å²) in [4.78, 5) is 26.0. The summed E-state index contributed by atoms with van der Waals surface area (Å²) in [6.07, 6.45) is 0.749. The van der Waals surface area contributed by atoms with Gasteiger partial charge in [-0.2, -0.15) is 0 Å². The van der Waals surface area contributed by atoms with E-state index in [2.05, 4.69) is 0 Å². The van der Waals surface area contributed by atoms with Crippen LogP contribution in [0.3, 0.4) is 0 Å². The van der Waals surface area contributed by atoms with E-state index in [1.165, 1.54) is 4.90 Å². The van der Waals surface area contributed by atoms with Gasteiger partial charge in [-0.15, -0.1) is 0 Å². The molecule has 1 atom stereocenters. The topological polar surface area (TPSA) is 65.1 Å². The second kappa shape index (κ2) is 8.58. The highest BCUT2D eigenvalue weighted by molar-refractivity contribution is 5.93. The van der Waals surface area contributed by atoms with Crippen molar-refractivity contribution in [2.75, 3.05) is 20.8 Å². The second-order valence-electron chi connectivity index (χ2n) is 6.37. The third-order valence-electron chi connectivity index (χ3n) is 4.62. The molecular weight excluding hydrogens is 346 g/mol. The molecule has 0 radical (unpaired) electrons. The molecule has 0 bridgehead atoms. The average molecular weight is 369 g/mol. The molecule has 2 aromatic rings. The number of imide groups is 1. The van der Waals surface area contributed by atoms with Gasteiger partial charge >= 0.3 is 6.09 Å². The number of benzene rings is 2. The third kappa shape index (κ3) is 4.39. The lowest BCUT2D eigenvalue weighted by atomic mass is 10.0. The molecule has 6 heteroatoms. The van der Waals surface area contributed by atoms with E-state index in [-0.39, 0.29) is 25.0 Å². The van der Waals surface area contributed by atoms with Crippen LogP contribution in [-0.2, 0) is 22.4 Å². The summed E-state index contributed by atoms with van der Waals surface area (Å²) in [6.45, 7) is 0.232. The zero-order valence-electron chi connectivity index (χ0n) is 15.5. The Balaban J connectivity index is 1.64. The van der Waals surface area contributed by atoms with Gasteiger partial charge < -0.3 is 14.2 Å². The molecule has 0 unspecified atom stereocenters. The highest BCUT2D eigenvalue weighted by atomic mass is 16.6. The van der Waals surface area contributed by atoms with Gasteiger partial charge in [0.2, 0.25) is 5.91 Å². The number of carbonyl (C=O) groups excluding carboxylic acids is 2. The van der Waals surface area contributed by atoms with Gasteiger partial charge in [0.05, 0.1) is 20.3 Å². The van der Waals surface area contributed by atoms with Crippen LogP contribution < -0.4 is 9.47 Å². The normalized spacial score (nSPS) is 16.1. The van der Waals surface area contributed by atoms with Crippen LogP contribution in [0.5, 0.6) is 11.5 Å². The van der Waals surface area contributed by atoms with Crippen LogP contribution in [0, 0.1) is 0 Å². The predicted molar refractivity (Wildman–Crippen MR) is 100.0 cm³/mol. The van der Waals surface area contributed by atoms with Crippen LogP contribution in [0.2, 0.25) is 0 Å². The van der Waals surface area contributed by atoms with Crippen molar-refractivity contribution in [3.05, 3.63) is 59.7 Å². The second-order valence-corrected chi connectivity index (χ2v) is 6.37. The lowest BCUT2D eigenvalue weighted by Crippen LogP contribution is -2.40. The minimum absolute atomic E-state index is 0.218. The van der Waals surface area contributed by atoms with Gasteiger partial charge in [0.15, 0.2) is 11.5 Å². The maximum absolute atomic E-state index is 12.7. The highest BCUT2D eigenvalue weighted by Gasteiger charge is 2.37. The van der Waals surface area contributed by atoms with Crippen LogP contribution in [-0.4, -0.2) is 43.8 Å². The summed E-state index contributed by atoms with van der Waals surface area (Å²) in [7, 11) is 3.15. The van der Waals surface area contributed by atoms with Gasteiger partial charge in [0.25, 0.3) is 0 Å². The Morgan fingerprint density at radius 2 is 1.81 bits per heavy atom. The van der Waals surface area contributed by atoms with Crippen LogP contribution in [0.4, 0.5) is 4.79 Å². The molecule has 0 aromatic heterocycles. The first kappa shape index (κ1) is 18.8. The van der Waals surface area contributed by atoms with E-state index in [4.69, 9.17) is 14.2 Å². The fraction of sp³-hybridized carbons (Fsp3) is 0.333. The first-order chi connectivity index (χ1) is 13.1. The number of nitrogens with zero attached hydrogens (tertiary/aromatic N) is 1. The number of aryl methyl sites for hydroxylation is 1. The zero-order chi connectivity index (χ0) is 19.2. The van der Waals surface area contributed by atoms with Crippen LogP contribution >= 0.6 is 0 Å². The molecule has 27 heavy (non-hydrogen) atoms. The highest BCUT2D eigenvalue weighted by Crippen LogP contribution is 2.28. The van der Waals surface area contributed by atoms with E-state index >= 15 is 0 Å². The van der Waals surface area contributed by atoms with Crippen LogP contribution in [0.25, 0.3) is 0 Å². The average Bonchev–Trinajstić information content (AvgIpc) is 3.06. The Bertz CT molecular complexity index is 805. The smallest absolute Gasteiger partial charge is 0.416 e. The summed E-state index contributed by atoms with van der Waals surface area (Å²) < 4.78 is 15.6. The largest absolute Gasteiger partial charge is 0.493 e. The maximum atomic E-state index is 12.7. The van der Waals surface area contributed by atoms with Gasteiger partial charge in [0.1, 0.15) is 6.61 Å². The molecule has 0 N–H and O–H groups in total. The molecule has 6 nitrogen and oxygen atoms in total. The lowest BCUT2D eigenvalue weighted by molar-refractivity contribution is -0.129. The van der Waals surface area contributed by atoms with Crippen molar-refractivity contribution in [3.63, 3.8) is 0 Å². The zero-order valence-corrected chi connectivity index (χ0v) is 15.5. The van der Waals surface area contributed by atoms with Crippen LogP contribution in [0.1, 0.15) is 17.5 Å². The van der Waals surface area contributed by atoms with Crippen molar-refractivity contribution < 1.29 is 23.8 Å². The molecule has 1 saturated heterocycles. The van der Waals surface area contributed by atoms with Crippen molar-refractivity contribution in [3.8, 4) is 11.5 Å². The maximum Gasteiger partial charge on any atom is 0.416 e. The molecule has 3 rings (SSSR count). The Morgan fingerprint density at radius 1 is 1.07 bits per heavy atom. The molecular formula is C21H23NO5. The summed E-state index contributed by atoms with van der Waals surface area (Å²) in [5.74, 6) is 1.02. The van der Waals surface area contributed by atoms with E-state index in [1.807, 2.05) is 42.5 Å². The molecule has 142 valence electrons. The van der Waals surface area contributed by atoms with Crippen molar-refractivity contribution in [2.45, 2.75) is 25.3 Å². The van der Waals surface area contributed by atoms with E-state index in [0.29, 0.717) is 24.3 Å². The number of methoxy groups -OCH3 is 2. The number of carbonyl (C=O) groups is 2. The molecule has 2 amide bonds. The van der Waals surface area contributed by atoms with Gasteiger partial charge in [0, 0.05) is 6.42 Å². The van der Waals surface area contributed by atoms with Crippen molar-refractivity contribution >= 4 is 12.0 Å². The summed E-state index contributed by atoms with van der Waals surface area (Å²) in [5.41, 5.74) is 2.01. The molecule has 1 fully saturated rings. The Hall–Kier alpha value is -3.02. The fourth-order valence-corrected chi connectivity index (χ4v) is 3.21. The van der Waals surface area contributed by atoms with Crippen molar-refractivity contribution in [1.82, 2.24) is 4.90 Å². The van der Waals surface area contributed by atoms with E-state index in [9.17, 15) is 9.59 Å².